The molecule has 6 nitrogen and oxygen atoms in total. The number of rotatable bonds is 6. The van der Waals surface area contributed by atoms with Crippen molar-refractivity contribution in [3.05, 3.63) is 85.5 Å². The molecule has 29 heavy (non-hydrogen) atoms. The van der Waals surface area contributed by atoms with Crippen LogP contribution in [0.25, 0.3) is 4.96 Å². The largest absolute Gasteiger partial charge is 0.296 e. The molecule has 4 rings (SSSR count). The van der Waals surface area contributed by atoms with E-state index in [1.165, 1.54) is 16.9 Å². The second-order valence-electron chi connectivity index (χ2n) is 7.21. The van der Waals surface area contributed by atoms with Crippen LogP contribution < -0.4 is 5.56 Å². The maximum absolute atomic E-state index is 12.2. The molecule has 8 heteroatoms. The molecule has 4 aromatic rings. The number of hydrogen-bond donors (Lipinski definition) is 0. The summed E-state index contributed by atoms with van der Waals surface area (Å²) in [7, 11) is 2.03. The Labute approximate surface area is 178 Å². The first kappa shape index (κ1) is 19.8. The van der Waals surface area contributed by atoms with Crippen LogP contribution in [0.1, 0.15) is 28.2 Å². The van der Waals surface area contributed by atoms with Gasteiger partial charge in [-0.05, 0) is 32.5 Å². The Balaban J connectivity index is 1.52. The Kier molecular flexibility index (Phi) is 5.54. The van der Waals surface area contributed by atoms with Gasteiger partial charge in [-0.2, -0.15) is 5.10 Å². The molecule has 0 N–H and O–H groups in total. The van der Waals surface area contributed by atoms with Gasteiger partial charge in [0.25, 0.3) is 5.56 Å². The third kappa shape index (κ3) is 4.12. The highest BCUT2D eigenvalue weighted by molar-refractivity contribution is 7.15. The van der Waals surface area contributed by atoms with E-state index >= 15 is 0 Å². The molecule has 0 unspecified atom stereocenters. The maximum Gasteiger partial charge on any atom is 0.258 e. The van der Waals surface area contributed by atoms with Crippen LogP contribution in [0.5, 0.6) is 0 Å². The molecular weight excluding hydrogens is 406 g/mol. The lowest BCUT2D eigenvalue weighted by molar-refractivity contribution is 0.313. The highest BCUT2D eigenvalue weighted by Gasteiger charge is 2.15. The molecule has 0 spiro atoms. The van der Waals surface area contributed by atoms with Gasteiger partial charge in [0.05, 0.1) is 17.9 Å². The molecule has 0 atom stereocenters. The highest BCUT2D eigenvalue weighted by Crippen LogP contribution is 2.20. The van der Waals surface area contributed by atoms with Crippen molar-refractivity contribution in [3.8, 4) is 0 Å². The van der Waals surface area contributed by atoms with E-state index in [1.54, 1.807) is 16.7 Å². The van der Waals surface area contributed by atoms with Gasteiger partial charge in [0.2, 0.25) is 0 Å². The second-order valence-corrected chi connectivity index (χ2v) is 8.49. The fraction of sp³-hybridized carbons (Fsp3) is 0.286. The third-order valence-corrected chi connectivity index (χ3v) is 6.15. The smallest absolute Gasteiger partial charge is 0.258 e. The first-order chi connectivity index (χ1) is 13.9. The molecule has 1 aromatic carbocycles. The first-order valence-corrected chi connectivity index (χ1v) is 10.6. The highest BCUT2D eigenvalue weighted by atomic mass is 35.5. The molecule has 0 fully saturated rings. The number of thiazole rings is 1. The van der Waals surface area contributed by atoms with Gasteiger partial charge in [-0.25, -0.2) is 4.98 Å². The summed E-state index contributed by atoms with van der Waals surface area (Å²) in [5, 5.41) is 7.34. The van der Waals surface area contributed by atoms with Gasteiger partial charge in [0, 0.05) is 47.0 Å². The van der Waals surface area contributed by atoms with Gasteiger partial charge in [-0.3, -0.25) is 18.8 Å². The Morgan fingerprint density at radius 1 is 1.21 bits per heavy atom. The summed E-state index contributed by atoms with van der Waals surface area (Å²) in [5.41, 5.74) is 5.10. The zero-order valence-corrected chi connectivity index (χ0v) is 18.2. The summed E-state index contributed by atoms with van der Waals surface area (Å²) >= 11 is 7.78. The van der Waals surface area contributed by atoms with Gasteiger partial charge >= 0.3 is 0 Å². The molecule has 0 aliphatic heterocycles. The van der Waals surface area contributed by atoms with E-state index in [-0.39, 0.29) is 5.56 Å². The summed E-state index contributed by atoms with van der Waals surface area (Å²) in [5.74, 6) is 0. The third-order valence-electron chi connectivity index (χ3n) is 5.03. The van der Waals surface area contributed by atoms with Gasteiger partial charge in [0.15, 0.2) is 4.96 Å². The van der Waals surface area contributed by atoms with Gasteiger partial charge in [0.1, 0.15) is 0 Å². The number of fused-ring (bicyclic) bond motifs is 1. The van der Waals surface area contributed by atoms with Crippen LogP contribution in [0.15, 0.2) is 46.7 Å². The van der Waals surface area contributed by atoms with E-state index in [0.717, 1.165) is 39.2 Å². The number of halogens is 1. The molecular formula is C21H22ClN5OS. The van der Waals surface area contributed by atoms with Crippen LogP contribution in [-0.4, -0.2) is 31.1 Å². The SMILES string of the molecule is Cc1nn(Cc2ccccc2Cl)c(C)c1CN(C)Cc1cc(=O)n2ccsc2n1. The lowest BCUT2D eigenvalue weighted by Crippen LogP contribution is -2.21. The van der Waals surface area contributed by atoms with Crippen LogP contribution in [0.3, 0.4) is 0 Å². The molecule has 0 saturated heterocycles. The van der Waals surface area contributed by atoms with Crippen molar-refractivity contribution in [1.82, 2.24) is 24.1 Å². The first-order valence-electron chi connectivity index (χ1n) is 9.33. The maximum atomic E-state index is 12.2. The summed E-state index contributed by atoms with van der Waals surface area (Å²) in [6, 6.07) is 9.45. The predicted octanol–water partition coefficient (Wildman–Crippen LogP) is 3.90. The fourth-order valence-electron chi connectivity index (χ4n) is 3.48. The average molecular weight is 428 g/mol. The van der Waals surface area contributed by atoms with Crippen molar-refractivity contribution < 1.29 is 0 Å². The molecule has 150 valence electrons. The van der Waals surface area contributed by atoms with Crippen LogP contribution in [0.2, 0.25) is 5.02 Å². The van der Waals surface area contributed by atoms with Crippen LogP contribution in [0, 0.1) is 13.8 Å². The molecule has 0 radical (unpaired) electrons. The number of benzene rings is 1. The van der Waals surface area contributed by atoms with Crippen molar-refractivity contribution in [2.24, 2.45) is 0 Å². The van der Waals surface area contributed by atoms with Crippen molar-refractivity contribution in [1.29, 1.82) is 0 Å². The van der Waals surface area contributed by atoms with E-state index in [1.807, 2.05) is 48.3 Å². The molecule has 0 saturated carbocycles. The number of aryl methyl sites for hydroxylation is 1. The van der Waals surface area contributed by atoms with E-state index in [2.05, 4.69) is 16.8 Å². The van der Waals surface area contributed by atoms with Crippen molar-refractivity contribution >= 4 is 27.9 Å². The lowest BCUT2D eigenvalue weighted by atomic mass is 10.1. The fourth-order valence-corrected chi connectivity index (χ4v) is 4.41. The normalized spacial score (nSPS) is 11.6. The summed E-state index contributed by atoms with van der Waals surface area (Å²) in [6.45, 7) is 6.08. The van der Waals surface area contributed by atoms with E-state index < -0.39 is 0 Å². The summed E-state index contributed by atoms with van der Waals surface area (Å²) in [4.78, 5) is 19.7. The standard InChI is InChI=1S/C21H22ClN5OS/c1-14-18(15(2)27(24-14)11-16-6-4-5-7-19(16)22)13-25(3)12-17-10-20(28)26-8-9-29-21(26)23-17/h4-10H,11-13H2,1-3H3. The molecule has 3 aromatic heterocycles. The van der Waals surface area contributed by atoms with Crippen molar-refractivity contribution in [3.63, 3.8) is 0 Å². The van der Waals surface area contributed by atoms with Crippen LogP contribution in [-0.2, 0) is 19.6 Å². The zero-order chi connectivity index (χ0) is 20.5. The minimum atomic E-state index is -0.0421. The predicted molar refractivity (Wildman–Crippen MR) is 117 cm³/mol. The van der Waals surface area contributed by atoms with Gasteiger partial charge in [-0.15, -0.1) is 11.3 Å². The summed E-state index contributed by atoms with van der Waals surface area (Å²) < 4.78 is 3.57. The number of hydrogen-bond acceptors (Lipinski definition) is 5. The average Bonchev–Trinajstić information content (AvgIpc) is 3.24. The molecule has 0 aliphatic rings. The van der Waals surface area contributed by atoms with E-state index in [0.29, 0.717) is 13.1 Å². The van der Waals surface area contributed by atoms with Crippen LogP contribution >= 0.6 is 22.9 Å². The molecule has 0 amide bonds. The summed E-state index contributed by atoms with van der Waals surface area (Å²) in [6.07, 6.45) is 1.75. The van der Waals surface area contributed by atoms with Gasteiger partial charge < -0.3 is 0 Å². The Hall–Kier alpha value is -2.48. The van der Waals surface area contributed by atoms with E-state index in [9.17, 15) is 4.79 Å². The molecule has 0 bridgehead atoms. The quantitative estimate of drug-likeness (QED) is 0.468. The molecule has 3 heterocycles. The monoisotopic (exact) mass is 427 g/mol. The topological polar surface area (TPSA) is 55.4 Å². The Morgan fingerprint density at radius 2 is 2.00 bits per heavy atom. The number of nitrogens with zero attached hydrogens (tertiary/aromatic N) is 5. The second kappa shape index (κ2) is 8.10. The minimum Gasteiger partial charge on any atom is -0.296 e. The van der Waals surface area contributed by atoms with E-state index in [4.69, 9.17) is 16.7 Å². The van der Waals surface area contributed by atoms with Crippen LogP contribution in [0.4, 0.5) is 0 Å². The van der Waals surface area contributed by atoms with Crippen molar-refractivity contribution in [2.45, 2.75) is 33.5 Å². The zero-order valence-electron chi connectivity index (χ0n) is 16.6. The lowest BCUT2D eigenvalue weighted by Gasteiger charge is -2.16. The number of aromatic nitrogens is 4. The van der Waals surface area contributed by atoms with Crippen molar-refractivity contribution in [2.75, 3.05) is 7.05 Å². The Morgan fingerprint density at radius 3 is 2.79 bits per heavy atom. The van der Waals surface area contributed by atoms with Gasteiger partial charge in [-0.1, -0.05) is 29.8 Å². The minimum absolute atomic E-state index is 0.0421. The Bertz CT molecular complexity index is 1230. The molecule has 0 aliphatic carbocycles.